The van der Waals surface area contributed by atoms with Gasteiger partial charge >= 0.3 is 11.9 Å². The molecular formula is C11H15N3O4. The van der Waals surface area contributed by atoms with Crippen LogP contribution in [0.3, 0.4) is 0 Å². The van der Waals surface area contributed by atoms with Crippen molar-refractivity contribution < 1.29 is 14.5 Å². The zero-order valence-corrected chi connectivity index (χ0v) is 10.7. The lowest BCUT2D eigenvalue weighted by molar-refractivity contribution is -0.389. The summed E-state index contributed by atoms with van der Waals surface area (Å²) in [6.07, 6.45) is -0.615. The van der Waals surface area contributed by atoms with Gasteiger partial charge in [0.25, 0.3) is 5.82 Å². The van der Waals surface area contributed by atoms with Gasteiger partial charge in [0, 0.05) is 17.7 Å². The average molecular weight is 253 g/mol. The van der Waals surface area contributed by atoms with Crippen LogP contribution in [-0.4, -0.2) is 28.6 Å². The van der Waals surface area contributed by atoms with Crippen molar-refractivity contribution in [3.63, 3.8) is 0 Å². The first kappa shape index (κ1) is 13.9. The number of ether oxygens (including phenoxy) is 1. The third-order valence-electron chi connectivity index (χ3n) is 2.16. The highest BCUT2D eigenvalue weighted by atomic mass is 16.6. The smallest absolute Gasteiger partial charge is 0.417 e. The van der Waals surface area contributed by atoms with Crippen molar-refractivity contribution >= 4 is 17.7 Å². The fourth-order valence-corrected chi connectivity index (χ4v) is 1.44. The Morgan fingerprint density at radius 3 is 2.50 bits per heavy atom. The molecular weight excluding hydrogens is 238 g/mol. The van der Waals surface area contributed by atoms with Crippen LogP contribution in [0.5, 0.6) is 0 Å². The molecule has 0 aliphatic rings. The van der Waals surface area contributed by atoms with Gasteiger partial charge in [-0.3, -0.25) is 0 Å². The highest BCUT2D eigenvalue weighted by molar-refractivity contribution is 5.87. The van der Waals surface area contributed by atoms with E-state index >= 15 is 0 Å². The van der Waals surface area contributed by atoms with Crippen LogP contribution < -0.4 is 4.90 Å². The number of hydrogen-bond donors (Lipinski definition) is 0. The van der Waals surface area contributed by atoms with Crippen LogP contribution in [0.4, 0.5) is 16.4 Å². The van der Waals surface area contributed by atoms with E-state index in [4.69, 9.17) is 0 Å². The van der Waals surface area contributed by atoms with Crippen LogP contribution in [0.15, 0.2) is 18.2 Å². The van der Waals surface area contributed by atoms with Crippen LogP contribution >= 0.6 is 0 Å². The average Bonchev–Trinajstić information content (AvgIpc) is 2.27. The van der Waals surface area contributed by atoms with E-state index in [2.05, 4.69) is 9.72 Å². The molecule has 18 heavy (non-hydrogen) atoms. The van der Waals surface area contributed by atoms with Crippen molar-refractivity contribution in [2.24, 2.45) is 0 Å². The minimum Gasteiger partial charge on any atom is -0.452 e. The van der Waals surface area contributed by atoms with Gasteiger partial charge in [0.05, 0.1) is 7.11 Å². The molecule has 0 atom stereocenters. The predicted molar refractivity (Wildman–Crippen MR) is 65.5 cm³/mol. The Bertz CT molecular complexity index is 468. The Kier molecular flexibility index (Phi) is 3.85. The molecule has 7 heteroatoms. The normalized spacial score (nSPS) is 10.9. The van der Waals surface area contributed by atoms with Gasteiger partial charge in [-0.05, 0) is 36.7 Å². The molecule has 1 heterocycles. The van der Waals surface area contributed by atoms with E-state index in [0.29, 0.717) is 0 Å². The Hall–Kier alpha value is -2.18. The maximum absolute atomic E-state index is 11.7. The molecule has 1 amide bonds. The second-order valence-corrected chi connectivity index (χ2v) is 4.59. The molecule has 0 unspecified atom stereocenters. The lowest BCUT2D eigenvalue weighted by Crippen LogP contribution is -2.46. The molecule has 0 aliphatic heterocycles. The van der Waals surface area contributed by atoms with Gasteiger partial charge < -0.3 is 14.9 Å². The van der Waals surface area contributed by atoms with Crippen LogP contribution in [0.1, 0.15) is 20.8 Å². The molecule has 0 fully saturated rings. The molecule has 0 aliphatic carbocycles. The Morgan fingerprint density at radius 2 is 2.06 bits per heavy atom. The highest BCUT2D eigenvalue weighted by Crippen LogP contribution is 2.24. The Morgan fingerprint density at radius 1 is 1.44 bits per heavy atom. The summed E-state index contributed by atoms with van der Waals surface area (Å²) in [7, 11) is 1.25. The largest absolute Gasteiger partial charge is 0.452 e. The summed E-state index contributed by atoms with van der Waals surface area (Å²) in [4.78, 5) is 26.9. The maximum atomic E-state index is 11.7. The van der Waals surface area contributed by atoms with Crippen LogP contribution in [0, 0.1) is 10.1 Å². The third-order valence-corrected chi connectivity index (χ3v) is 2.16. The van der Waals surface area contributed by atoms with Gasteiger partial charge in [0.2, 0.25) is 0 Å². The van der Waals surface area contributed by atoms with Crippen molar-refractivity contribution in [3.8, 4) is 0 Å². The quantitative estimate of drug-likeness (QED) is 0.596. The molecule has 0 saturated heterocycles. The number of carbonyl (C=O) groups is 1. The lowest BCUT2D eigenvalue weighted by atomic mass is 10.1. The predicted octanol–water partition coefficient (Wildman–Crippen LogP) is 2.36. The van der Waals surface area contributed by atoms with Gasteiger partial charge in [-0.25, -0.2) is 9.69 Å². The Balaban J connectivity index is 3.26. The first-order valence-corrected chi connectivity index (χ1v) is 5.27. The Labute approximate surface area is 105 Å². The first-order valence-electron chi connectivity index (χ1n) is 5.27. The second-order valence-electron chi connectivity index (χ2n) is 4.59. The monoisotopic (exact) mass is 253 g/mol. The molecule has 1 aromatic rings. The SMILES string of the molecule is COC(=O)N(c1cccc([N+](=O)[O-])n1)C(C)(C)C. The topological polar surface area (TPSA) is 85.6 Å². The van der Waals surface area contributed by atoms with E-state index < -0.39 is 16.6 Å². The van der Waals surface area contributed by atoms with Gasteiger partial charge in [0.15, 0.2) is 0 Å². The van der Waals surface area contributed by atoms with Crippen LogP contribution in [0.25, 0.3) is 0 Å². The van der Waals surface area contributed by atoms with Crippen LogP contribution in [0.2, 0.25) is 0 Å². The molecule has 0 radical (unpaired) electrons. The maximum Gasteiger partial charge on any atom is 0.417 e. The van der Waals surface area contributed by atoms with Crippen molar-refractivity contribution in [2.45, 2.75) is 26.3 Å². The first-order chi connectivity index (χ1) is 8.27. The summed E-state index contributed by atoms with van der Waals surface area (Å²) in [5.74, 6) is -0.130. The molecule has 0 N–H and O–H groups in total. The van der Waals surface area contributed by atoms with E-state index in [1.54, 1.807) is 20.8 Å². The number of methoxy groups -OCH3 is 1. The number of anilines is 1. The van der Waals surface area contributed by atoms with Gasteiger partial charge in [-0.2, -0.15) is 0 Å². The molecule has 98 valence electrons. The number of amides is 1. The van der Waals surface area contributed by atoms with Crippen LogP contribution in [-0.2, 0) is 4.74 Å². The fraction of sp³-hybridized carbons (Fsp3) is 0.455. The molecule has 1 aromatic heterocycles. The number of rotatable bonds is 2. The van der Waals surface area contributed by atoms with E-state index in [-0.39, 0.29) is 11.6 Å². The number of pyridine rings is 1. The minimum absolute atomic E-state index is 0.184. The molecule has 0 saturated carbocycles. The van der Waals surface area contributed by atoms with Crippen molar-refractivity contribution in [1.29, 1.82) is 0 Å². The number of hydrogen-bond acceptors (Lipinski definition) is 5. The van der Waals surface area contributed by atoms with E-state index in [1.807, 2.05) is 0 Å². The summed E-state index contributed by atoms with van der Waals surface area (Å²) in [5, 5.41) is 10.7. The van der Waals surface area contributed by atoms with Gasteiger partial charge in [0.1, 0.15) is 0 Å². The zero-order valence-electron chi connectivity index (χ0n) is 10.7. The minimum atomic E-state index is -0.615. The number of carbonyl (C=O) groups excluding carboxylic acids is 1. The molecule has 7 nitrogen and oxygen atoms in total. The highest BCUT2D eigenvalue weighted by Gasteiger charge is 2.33. The lowest BCUT2D eigenvalue weighted by Gasteiger charge is -2.31. The van der Waals surface area contributed by atoms with Gasteiger partial charge in [-0.15, -0.1) is 0 Å². The second kappa shape index (κ2) is 4.99. The molecule has 0 spiro atoms. The standard InChI is InChI=1S/C11H15N3O4/c1-11(2,3)13(10(15)18-4)8-6-5-7-9(12-8)14(16)17/h5-7H,1-4H3. The third kappa shape index (κ3) is 2.93. The summed E-state index contributed by atoms with van der Waals surface area (Å²) in [6, 6.07) is 4.26. The van der Waals surface area contributed by atoms with Crippen molar-refractivity contribution in [3.05, 3.63) is 28.3 Å². The number of nitrogens with zero attached hydrogens (tertiary/aromatic N) is 3. The van der Waals surface area contributed by atoms with Gasteiger partial charge in [-0.1, -0.05) is 0 Å². The van der Waals surface area contributed by atoms with Crippen molar-refractivity contribution in [2.75, 3.05) is 12.0 Å². The summed E-state index contributed by atoms with van der Waals surface area (Å²) in [5.41, 5.74) is -0.602. The molecule has 0 aromatic carbocycles. The van der Waals surface area contributed by atoms with E-state index in [0.717, 1.165) is 0 Å². The molecule has 0 bridgehead atoms. The summed E-state index contributed by atoms with van der Waals surface area (Å²) < 4.78 is 4.67. The molecule has 1 rings (SSSR count). The van der Waals surface area contributed by atoms with E-state index in [1.165, 1.54) is 30.2 Å². The van der Waals surface area contributed by atoms with E-state index in [9.17, 15) is 14.9 Å². The fourth-order valence-electron chi connectivity index (χ4n) is 1.44. The van der Waals surface area contributed by atoms with Crippen molar-refractivity contribution in [1.82, 2.24) is 4.98 Å². The number of nitro groups is 1. The summed E-state index contributed by atoms with van der Waals surface area (Å²) in [6.45, 7) is 5.35. The zero-order chi connectivity index (χ0) is 13.9. The summed E-state index contributed by atoms with van der Waals surface area (Å²) >= 11 is 0. The number of aromatic nitrogens is 1.